The van der Waals surface area contributed by atoms with Gasteiger partial charge in [-0.2, -0.15) is 0 Å². The highest BCUT2D eigenvalue weighted by atomic mass is 35.5. The van der Waals surface area contributed by atoms with Gasteiger partial charge in [-0.25, -0.2) is 10.2 Å². The second kappa shape index (κ2) is 6.11. The Morgan fingerprint density at radius 1 is 1.05 bits per heavy atom. The van der Waals surface area contributed by atoms with Crippen LogP contribution in [0.5, 0.6) is 0 Å². The highest BCUT2D eigenvalue weighted by Gasteiger charge is 2.07. The van der Waals surface area contributed by atoms with E-state index in [1.54, 1.807) is 24.2 Å². The number of urea groups is 1. The third kappa shape index (κ3) is 3.63. The molecule has 0 unspecified atom stereocenters. The zero-order valence-electron chi connectivity index (χ0n) is 10.4. The van der Waals surface area contributed by atoms with Crippen molar-refractivity contribution in [1.29, 1.82) is 0 Å². The predicted molar refractivity (Wildman–Crippen MR) is 78.5 cm³/mol. The molecule has 0 saturated heterocycles. The highest BCUT2D eigenvalue weighted by Crippen LogP contribution is 2.20. The minimum absolute atomic E-state index is 0.348. The lowest BCUT2D eigenvalue weighted by atomic mass is 10.3. The molecule has 0 aromatic heterocycles. The van der Waals surface area contributed by atoms with Crippen molar-refractivity contribution in [3.05, 3.63) is 59.6 Å². The Bertz CT molecular complexity index is 560. The van der Waals surface area contributed by atoms with Crippen molar-refractivity contribution in [3.63, 3.8) is 0 Å². The van der Waals surface area contributed by atoms with Crippen molar-refractivity contribution in [2.75, 3.05) is 17.4 Å². The van der Waals surface area contributed by atoms with Gasteiger partial charge in [0.05, 0.1) is 16.4 Å². The van der Waals surface area contributed by atoms with E-state index in [9.17, 15) is 4.79 Å². The smallest absolute Gasteiger partial charge is 0.305 e. The molecule has 2 amide bonds. The molecule has 0 spiro atoms. The lowest BCUT2D eigenvalue weighted by molar-refractivity contribution is 0.252. The molecule has 98 valence electrons. The topological polar surface area (TPSA) is 44.4 Å². The van der Waals surface area contributed by atoms with Gasteiger partial charge in [-0.3, -0.25) is 5.01 Å². The summed E-state index contributed by atoms with van der Waals surface area (Å²) in [4.78, 5) is 11.8. The number of halogens is 1. The Morgan fingerprint density at radius 2 is 1.68 bits per heavy atom. The van der Waals surface area contributed by atoms with Gasteiger partial charge in [0.1, 0.15) is 0 Å². The third-order valence-electron chi connectivity index (χ3n) is 2.53. The minimum atomic E-state index is -0.348. The average Bonchev–Trinajstić information content (AvgIpc) is 2.42. The molecule has 0 atom stereocenters. The zero-order chi connectivity index (χ0) is 13.7. The highest BCUT2D eigenvalue weighted by molar-refractivity contribution is 6.33. The SMILES string of the molecule is CN(NC(=O)Nc1ccccc1Cl)c1ccccc1. The Morgan fingerprint density at radius 3 is 2.37 bits per heavy atom. The summed E-state index contributed by atoms with van der Waals surface area (Å²) in [5, 5.41) is 4.82. The molecule has 0 heterocycles. The van der Waals surface area contributed by atoms with Crippen molar-refractivity contribution in [2.24, 2.45) is 0 Å². The number of carbonyl (C=O) groups is 1. The largest absolute Gasteiger partial charge is 0.338 e. The Balaban J connectivity index is 1.97. The summed E-state index contributed by atoms with van der Waals surface area (Å²) in [6.07, 6.45) is 0. The maximum absolute atomic E-state index is 11.8. The Labute approximate surface area is 117 Å². The van der Waals surface area contributed by atoms with Crippen molar-refractivity contribution in [1.82, 2.24) is 5.43 Å². The molecular formula is C14H14ClN3O. The number of nitrogens with zero attached hydrogens (tertiary/aromatic N) is 1. The second-order valence-electron chi connectivity index (χ2n) is 3.94. The fraction of sp³-hybridized carbons (Fsp3) is 0.0714. The molecule has 0 saturated carbocycles. The van der Waals surface area contributed by atoms with Crippen molar-refractivity contribution >= 4 is 29.0 Å². The van der Waals surface area contributed by atoms with Crippen molar-refractivity contribution in [2.45, 2.75) is 0 Å². The summed E-state index contributed by atoms with van der Waals surface area (Å²) >= 11 is 5.97. The molecule has 0 aliphatic rings. The van der Waals surface area contributed by atoms with Crippen LogP contribution in [0.4, 0.5) is 16.2 Å². The first-order valence-electron chi connectivity index (χ1n) is 5.78. The fourth-order valence-electron chi connectivity index (χ4n) is 1.58. The monoisotopic (exact) mass is 275 g/mol. The molecule has 2 aromatic rings. The quantitative estimate of drug-likeness (QED) is 0.842. The number of amides is 2. The first kappa shape index (κ1) is 13.2. The van der Waals surface area contributed by atoms with Crippen LogP contribution in [-0.2, 0) is 0 Å². The van der Waals surface area contributed by atoms with Gasteiger partial charge in [0, 0.05) is 7.05 Å². The number of carbonyl (C=O) groups excluding carboxylic acids is 1. The van der Waals surface area contributed by atoms with Gasteiger partial charge in [-0.1, -0.05) is 41.9 Å². The molecular weight excluding hydrogens is 262 g/mol. The standard InChI is InChI=1S/C14H14ClN3O/c1-18(11-7-3-2-4-8-11)17-14(19)16-13-10-6-5-9-12(13)15/h2-10H,1H3,(H2,16,17,19). The van der Waals surface area contributed by atoms with E-state index in [0.29, 0.717) is 10.7 Å². The number of rotatable bonds is 3. The van der Waals surface area contributed by atoms with Crippen LogP contribution < -0.4 is 15.8 Å². The number of hydrazine groups is 1. The van der Waals surface area contributed by atoms with Gasteiger partial charge >= 0.3 is 6.03 Å². The van der Waals surface area contributed by atoms with E-state index in [1.165, 1.54) is 0 Å². The number of benzene rings is 2. The van der Waals surface area contributed by atoms with E-state index in [0.717, 1.165) is 5.69 Å². The molecule has 0 aliphatic carbocycles. The van der Waals surface area contributed by atoms with Crippen LogP contribution in [-0.4, -0.2) is 13.1 Å². The van der Waals surface area contributed by atoms with E-state index in [1.807, 2.05) is 42.5 Å². The van der Waals surface area contributed by atoms with Crippen LogP contribution in [0.3, 0.4) is 0 Å². The Kier molecular flexibility index (Phi) is 4.26. The Hall–Kier alpha value is -2.20. The first-order valence-corrected chi connectivity index (χ1v) is 6.15. The molecule has 2 rings (SSSR count). The molecule has 5 heteroatoms. The number of nitrogens with one attached hydrogen (secondary N) is 2. The number of hydrogen-bond acceptors (Lipinski definition) is 2. The zero-order valence-corrected chi connectivity index (χ0v) is 11.2. The van der Waals surface area contributed by atoms with Gasteiger partial charge in [0.15, 0.2) is 0 Å². The van der Waals surface area contributed by atoms with Gasteiger partial charge in [0.2, 0.25) is 0 Å². The average molecular weight is 276 g/mol. The molecule has 0 fully saturated rings. The van der Waals surface area contributed by atoms with E-state index < -0.39 is 0 Å². The molecule has 19 heavy (non-hydrogen) atoms. The molecule has 0 aliphatic heterocycles. The van der Waals surface area contributed by atoms with Gasteiger partial charge in [0.25, 0.3) is 0 Å². The van der Waals surface area contributed by atoms with Crippen LogP contribution >= 0.6 is 11.6 Å². The van der Waals surface area contributed by atoms with Crippen LogP contribution in [0.15, 0.2) is 54.6 Å². The van der Waals surface area contributed by atoms with Gasteiger partial charge in [-0.15, -0.1) is 0 Å². The summed E-state index contributed by atoms with van der Waals surface area (Å²) < 4.78 is 0. The van der Waals surface area contributed by atoms with Crippen molar-refractivity contribution in [3.8, 4) is 0 Å². The van der Waals surface area contributed by atoms with E-state index in [4.69, 9.17) is 11.6 Å². The first-order chi connectivity index (χ1) is 9.16. The van der Waals surface area contributed by atoms with E-state index >= 15 is 0 Å². The number of anilines is 2. The number of hydrogen-bond donors (Lipinski definition) is 2. The van der Waals surface area contributed by atoms with Crippen LogP contribution in [0.2, 0.25) is 5.02 Å². The lowest BCUT2D eigenvalue weighted by Gasteiger charge is -2.20. The van der Waals surface area contributed by atoms with Crippen LogP contribution in [0.25, 0.3) is 0 Å². The summed E-state index contributed by atoms with van der Waals surface area (Å²) in [5.74, 6) is 0. The third-order valence-corrected chi connectivity index (χ3v) is 2.86. The van der Waals surface area contributed by atoms with Crippen molar-refractivity contribution < 1.29 is 4.79 Å². The lowest BCUT2D eigenvalue weighted by Crippen LogP contribution is -2.42. The molecule has 0 bridgehead atoms. The van der Waals surface area contributed by atoms with Crippen LogP contribution in [0.1, 0.15) is 0 Å². The maximum atomic E-state index is 11.8. The van der Waals surface area contributed by atoms with Crippen LogP contribution in [0, 0.1) is 0 Å². The maximum Gasteiger partial charge on any atom is 0.338 e. The number of para-hydroxylation sites is 2. The van der Waals surface area contributed by atoms with Gasteiger partial charge < -0.3 is 5.32 Å². The van der Waals surface area contributed by atoms with E-state index in [2.05, 4.69) is 10.7 Å². The van der Waals surface area contributed by atoms with E-state index in [-0.39, 0.29) is 6.03 Å². The molecule has 0 radical (unpaired) electrons. The second-order valence-corrected chi connectivity index (χ2v) is 4.35. The molecule has 2 N–H and O–H groups in total. The fourth-order valence-corrected chi connectivity index (χ4v) is 1.76. The minimum Gasteiger partial charge on any atom is -0.305 e. The summed E-state index contributed by atoms with van der Waals surface area (Å²) in [5.41, 5.74) is 4.15. The summed E-state index contributed by atoms with van der Waals surface area (Å²) in [6.45, 7) is 0. The normalized spacial score (nSPS) is 9.79. The summed E-state index contributed by atoms with van der Waals surface area (Å²) in [6, 6.07) is 16.2. The summed E-state index contributed by atoms with van der Waals surface area (Å²) in [7, 11) is 1.77. The molecule has 2 aromatic carbocycles. The predicted octanol–water partition coefficient (Wildman–Crippen LogP) is 3.51. The van der Waals surface area contributed by atoms with Gasteiger partial charge in [-0.05, 0) is 24.3 Å². The molecule has 4 nitrogen and oxygen atoms in total.